The van der Waals surface area contributed by atoms with Crippen LogP contribution in [0.2, 0.25) is 0 Å². The van der Waals surface area contributed by atoms with E-state index in [0.717, 1.165) is 43.2 Å². The van der Waals surface area contributed by atoms with Gasteiger partial charge >= 0.3 is 0 Å². The molecule has 0 spiro atoms. The lowest BCUT2D eigenvalue weighted by atomic mass is 9.92. The molecular weight excluding hydrogens is 300 g/mol. The second-order valence-corrected chi connectivity index (χ2v) is 6.20. The number of hydrogen-bond donors (Lipinski definition) is 0. The van der Waals surface area contributed by atoms with E-state index in [4.69, 9.17) is 9.47 Å². The zero-order valence-electron chi connectivity index (χ0n) is 15.6. The van der Waals surface area contributed by atoms with E-state index in [9.17, 15) is 0 Å². The van der Waals surface area contributed by atoms with Gasteiger partial charge in [0, 0.05) is 37.8 Å². The van der Waals surface area contributed by atoms with Crippen LogP contribution >= 0.6 is 0 Å². The van der Waals surface area contributed by atoms with E-state index in [1.807, 2.05) is 18.2 Å². The average Bonchev–Trinajstić information content (AvgIpc) is 2.61. The standard InChI is InChI=1S/C20H30N2O2/c1-7-22(8-2)15(3)16-12-17(14-21(4)13-16)20-18(23-5)10-9-11-19(20)24-6/h9-12,16H,3,7-8,13-14H2,1-2,4-6H3. The number of rotatable bonds is 7. The summed E-state index contributed by atoms with van der Waals surface area (Å²) >= 11 is 0. The topological polar surface area (TPSA) is 24.9 Å². The summed E-state index contributed by atoms with van der Waals surface area (Å²) in [6.07, 6.45) is 2.33. The molecule has 132 valence electrons. The normalized spacial score (nSPS) is 18.0. The highest BCUT2D eigenvalue weighted by molar-refractivity contribution is 5.77. The molecule has 4 heteroatoms. The molecule has 1 aromatic carbocycles. The Kier molecular flexibility index (Phi) is 6.32. The van der Waals surface area contributed by atoms with Gasteiger partial charge in [-0.25, -0.2) is 0 Å². The SMILES string of the molecule is C=C(C1C=C(c2c(OC)cccc2OC)CN(C)C1)N(CC)CC. The molecule has 1 aliphatic heterocycles. The molecule has 0 aromatic heterocycles. The third-order valence-electron chi connectivity index (χ3n) is 4.70. The fourth-order valence-electron chi connectivity index (χ4n) is 3.44. The van der Waals surface area contributed by atoms with E-state index in [1.54, 1.807) is 14.2 Å². The zero-order valence-corrected chi connectivity index (χ0v) is 15.6. The molecule has 1 aromatic rings. The lowest BCUT2D eigenvalue weighted by Gasteiger charge is -2.35. The zero-order chi connectivity index (χ0) is 17.7. The summed E-state index contributed by atoms with van der Waals surface area (Å²) in [7, 11) is 5.56. The summed E-state index contributed by atoms with van der Waals surface area (Å²) in [4.78, 5) is 4.66. The second-order valence-electron chi connectivity index (χ2n) is 6.20. The Morgan fingerprint density at radius 3 is 2.29 bits per heavy atom. The van der Waals surface area contributed by atoms with Crippen LogP contribution < -0.4 is 9.47 Å². The predicted octanol–water partition coefficient (Wildman–Crippen LogP) is 3.50. The van der Waals surface area contributed by atoms with Crippen molar-refractivity contribution in [2.45, 2.75) is 13.8 Å². The highest BCUT2D eigenvalue weighted by Gasteiger charge is 2.25. The maximum Gasteiger partial charge on any atom is 0.130 e. The molecule has 0 bridgehead atoms. The summed E-state index contributed by atoms with van der Waals surface area (Å²) in [6, 6.07) is 5.93. The van der Waals surface area contributed by atoms with Crippen LogP contribution in [0.25, 0.3) is 5.57 Å². The summed E-state index contributed by atoms with van der Waals surface area (Å²) in [5.74, 6) is 2.00. The van der Waals surface area contributed by atoms with Crippen molar-refractivity contribution in [1.82, 2.24) is 9.80 Å². The van der Waals surface area contributed by atoms with Crippen molar-refractivity contribution >= 4 is 5.57 Å². The third-order valence-corrected chi connectivity index (χ3v) is 4.70. The Bertz CT molecular complexity index is 583. The molecule has 0 radical (unpaired) electrons. The first-order valence-corrected chi connectivity index (χ1v) is 8.59. The van der Waals surface area contributed by atoms with Gasteiger partial charge in [0.05, 0.1) is 19.8 Å². The van der Waals surface area contributed by atoms with Crippen LogP contribution in [0.5, 0.6) is 11.5 Å². The monoisotopic (exact) mass is 330 g/mol. The molecule has 0 amide bonds. The summed E-state index contributed by atoms with van der Waals surface area (Å²) < 4.78 is 11.2. The minimum Gasteiger partial charge on any atom is -0.496 e. The fraction of sp³-hybridized carbons (Fsp3) is 0.500. The van der Waals surface area contributed by atoms with E-state index in [0.29, 0.717) is 5.92 Å². The molecule has 1 atom stereocenters. The number of likely N-dealkylation sites (N-methyl/N-ethyl adjacent to an activating group) is 1. The average molecular weight is 330 g/mol. The lowest BCUT2D eigenvalue weighted by Crippen LogP contribution is -2.36. The molecule has 0 N–H and O–H groups in total. The quantitative estimate of drug-likeness (QED) is 0.764. The van der Waals surface area contributed by atoms with Gasteiger partial charge in [-0.3, -0.25) is 0 Å². The van der Waals surface area contributed by atoms with Crippen LogP contribution in [-0.4, -0.2) is 57.2 Å². The van der Waals surface area contributed by atoms with Crippen molar-refractivity contribution < 1.29 is 9.47 Å². The van der Waals surface area contributed by atoms with Crippen LogP contribution in [0.3, 0.4) is 0 Å². The van der Waals surface area contributed by atoms with Gasteiger partial charge in [0.25, 0.3) is 0 Å². The highest BCUT2D eigenvalue weighted by atomic mass is 16.5. The summed E-state index contributed by atoms with van der Waals surface area (Å²) in [5.41, 5.74) is 3.46. The first-order valence-electron chi connectivity index (χ1n) is 8.59. The molecule has 0 fully saturated rings. The first kappa shape index (κ1) is 18.4. The predicted molar refractivity (Wildman–Crippen MR) is 101 cm³/mol. The fourth-order valence-corrected chi connectivity index (χ4v) is 3.44. The van der Waals surface area contributed by atoms with Gasteiger partial charge in [-0.2, -0.15) is 0 Å². The molecule has 4 nitrogen and oxygen atoms in total. The number of hydrogen-bond acceptors (Lipinski definition) is 4. The van der Waals surface area contributed by atoms with Crippen LogP contribution in [0.1, 0.15) is 19.4 Å². The Morgan fingerprint density at radius 1 is 1.21 bits per heavy atom. The van der Waals surface area contributed by atoms with E-state index < -0.39 is 0 Å². The van der Waals surface area contributed by atoms with E-state index >= 15 is 0 Å². The minimum absolute atomic E-state index is 0.299. The maximum absolute atomic E-state index is 5.59. The van der Waals surface area contributed by atoms with Gasteiger partial charge in [-0.05, 0) is 38.6 Å². The van der Waals surface area contributed by atoms with E-state index in [-0.39, 0.29) is 0 Å². The van der Waals surface area contributed by atoms with E-state index in [1.165, 1.54) is 11.3 Å². The molecule has 1 unspecified atom stereocenters. The highest BCUT2D eigenvalue weighted by Crippen LogP contribution is 2.38. The van der Waals surface area contributed by atoms with Crippen LogP contribution in [0.4, 0.5) is 0 Å². The van der Waals surface area contributed by atoms with Crippen molar-refractivity contribution in [2.24, 2.45) is 5.92 Å². The van der Waals surface area contributed by atoms with Crippen molar-refractivity contribution in [2.75, 3.05) is 47.4 Å². The molecular formula is C20H30N2O2. The second kappa shape index (κ2) is 8.25. The van der Waals surface area contributed by atoms with Gasteiger partial charge in [-0.1, -0.05) is 18.7 Å². The van der Waals surface area contributed by atoms with E-state index in [2.05, 4.69) is 43.3 Å². The van der Waals surface area contributed by atoms with Crippen LogP contribution in [0.15, 0.2) is 36.6 Å². The number of benzene rings is 1. The van der Waals surface area contributed by atoms with Gasteiger partial charge in [0.15, 0.2) is 0 Å². The molecule has 2 rings (SSSR count). The van der Waals surface area contributed by atoms with Gasteiger partial charge in [0.1, 0.15) is 11.5 Å². The molecule has 24 heavy (non-hydrogen) atoms. The first-order chi connectivity index (χ1) is 11.5. The summed E-state index contributed by atoms with van der Waals surface area (Å²) in [5, 5.41) is 0. The van der Waals surface area contributed by atoms with Gasteiger partial charge < -0.3 is 19.3 Å². The largest absolute Gasteiger partial charge is 0.496 e. The smallest absolute Gasteiger partial charge is 0.130 e. The Labute approximate surface area is 146 Å². The molecule has 1 heterocycles. The molecule has 0 saturated carbocycles. The summed E-state index contributed by atoms with van der Waals surface area (Å²) in [6.45, 7) is 12.5. The van der Waals surface area contributed by atoms with Gasteiger partial charge in [-0.15, -0.1) is 0 Å². The minimum atomic E-state index is 0.299. The van der Waals surface area contributed by atoms with Crippen molar-refractivity contribution in [3.05, 3.63) is 42.1 Å². The Morgan fingerprint density at radius 2 is 1.79 bits per heavy atom. The third kappa shape index (κ3) is 3.75. The van der Waals surface area contributed by atoms with Crippen LogP contribution in [-0.2, 0) is 0 Å². The molecule has 0 aliphatic carbocycles. The number of ether oxygens (including phenoxy) is 2. The van der Waals surface area contributed by atoms with Crippen molar-refractivity contribution in [3.63, 3.8) is 0 Å². The Hall–Kier alpha value is -1.94. The maximum atomic E-state index is 5.59. The van der Waals surface area contributed by atoms with Gasteiger partial charge in [0.2, 0.25) is 0 Å². The lowest BCUT2D eigenvalue weighted by molar-refractivity contribution is 0.284. The van der Waals surface area contributed by atoms with Crippen molar-refractivity contribution in [3.8, 4) is 11.5 Å². The van der Waals surface area contributed by atoms with Crippen molar-refractivity contribution in [1.29, 1.82) is 0 Å². The number of nitrogens with zero attached hydrogens (tertiary/aromatic N) is 2. The number of methoxy groups -OCH3 is 2. The van der Waals surface area contributed by atoms with Crippen LogP contribution in [0, 0.1) is 5.92 Å². The molecule has 0 saturated heterocycles. The Balaban J connectivity index is 2.44. The molecule has 1 aliphatic rings.